The summed E-state index contributed by atoms with van der Waals surface area (Å²) in [5.41, 5.74) is 1.25. The first-order valence-electron chi connectivity index (χ1n) is 12.2. The predicted octanol–water partition coefficient (Wildman–Crippen LogP) is 5.14. The maximum Gasteiger partial charge on any atom is 0.256 e. The van der Waals surface area contributed by atoms with Crippen molar-refractivity contribution in [2.45, 2.75) is 77.2 Å². The van der Waals surface area contributed by atoms with Gasteiger partial charge in [-0.1, -0.05) is 13.8 Å². The van der Waals surface area contributed by atoms with E-state index in [-0.39, 0.29) is 23.4 Å². The Morgan fingerprint density at radius 1 is 1.19 bits per heavy atom. The van der Waals surface area contributed by atoms with Crippen molar-refractivity contribution in [2.24, 2.45) is 23.2 Å². The van der Waals surface area contributed by atoms with E-state index in [1.54, 1.807) is 11.0 Å². The number of rotatable bonds is 5. The van der Waals surface area contributed by atoms with Crippen LogP contribution in [0.15, 0.2) is 12.1 Å². The van der Waals surface area contributed by atoms with Crippen LogP contribution in [0.5, 0.6) is 5.75 Å². The standard InChI is InChI=1S/C26H36FNO3/c1-16-7-17-9-18(8-16)13-26(2,12-17)15-31-24-11-23(27)22(10-21(24)19-3-4-19)25(30)28-6-5-20(29)14-28/h10-11,16-20,29H,3-9,12-15H2,1-2H3. The average molecular weight is 430 g/mol. The third-order valence-corrected chi connectivity index (χ3v) is 8.07. The van der Waals surface area contributed by atoms with E-state index < -0.39 is 11.9 Å². The second-order valence-corrected chi connectivity index (χ2v) is 11.4. The van der Waals surface area contributed by atoms with E-state index in [4.69, 9.17) is 4.74 Å². The molecule has 3 atom stereocenters. The summed E-state index contributed by atoms with van der Waals surface area (Å²) < 4.78 is 21.3. The highest BCUT2D eigenvalue weighted by Gasteiger charge is 2.42. The fraction of sp³-hybridized carbons (Fsp3) is 0.731. The SMILES string of the molecule is CC1CC2CC(C1)CC(C)(COc1cc(F)c(C(=O)N3CCC(O)C3)cc1C1CC1)C2. The van der Waals surface area contributed by atoms with Crippen molar-refractivity contribution >= 4 is 5.91 Å². The molecule has 1 N–H and O–H groups in total. The summed E-state index contributed by atoms with van der Waals surface area (Å²) in [6.45, 7) is 6.12. The fourth-order valence-corrected chi connectivity index (χ4v) is 6.75. The summed E-state index contributed by atoms with van der Waals surface area (Å²) in [5.74, 6) is 2.60. The normalized spacial score (nSPS) is 35.3. The molecule has 3 aliphatic carbocycles. The van der Waals surface area contributed by atoms with Crippen molar-refractivity contribution in [3.63, 3.8) is 0 Å². The Morgan fingerprint density at radius 3 is 2.52 bits per heavy atom. The number of fused-ring (bicyclic) bond motifs is 2. The van der Waals surface area contributed by atoms with Crippen molar-refractivity contribution in [2.75, 3.05) is 19.7 Å². The predicted molar refractivity (Wildman–Crippen MR) is 118 cm³/mol. The molecule has 1 amide bonds. The molecule has 3 unspecified atom stereocenters. The number of carbonyl (C=O) groups excluding carboxylic acids is 1. The van der Waals surface area contributed by atoms with Gasteiger partial charge < -0.3 is 14.7 Å². The van der Waals surface area contributed by atoms with Gasteiger partial charge >= 0.3 is 0 Å². The quantitative estimate of drug-likeness (QED) is 0.705. The average Bonchev–Trinajstić information content (AvgIpc) is 3.45. The summed E-state index contributed by atoms with van der Waals surface area (Å²) in [5, 5.41) is 9.75. The van der Waals surface area contributed by atoms with E-state index in [0.717, 1.165) is 36.2 Å². The number of ether oxygens (including phenoxy) is 1. The van der Waals surface area contributed by atoms with Gasteiger partial charge in [0.15, 0.2) is 0 Å². The number of likely N-dealkylation sites (tertiary alicyclic amines) is 1. The van der Waals surface area contributed by atoms with Crippen molar-refractivity contribution in [3.8, 4) is 5.75 Å². The summed E-state index contributed by atoms with van der Waals surface area (Å²) in [6, 6.07) is 3.18. The molecule has 5 heteroatoms. The van der Waals surface area contributed by atoms with Crippen LogP contribution < -0.4 is 4.74 Å². The molecule has 1 aromatic carbocycles. The molecule has 170 valence electrons. The van der Waals surface area contributed by atoms with E-state index in [9.17, 15) is 9.90 Å². The molecule has 0 aromatic heterocycles. The molecule has 1 aliphatic heterocycles. The van der Waals surface area contributed by atoms with Crippen LogP contribution in [0.4, 0.5) is 4.39 Å². The van der Waals surface area contributed by atoms with Gasteiger partial charge in [0, 0.05) is 24.6 Å². The van der Waals surface area contributed by atoms with Gasteiger partial charge in [-0.05, 0) is 86.7 Å². The Hall–Kier alpha value is -1.62. The van der Waals surface area contributed by atoms with Gasteiger partial charge in [-0.25, -0.2) is 4.39 Å². The molecule has 3 saturated carbocycles. The van der Waals surface area contributed by atoms with Crippen molar-refractivity contribution in [1.29, 1.82) is 0 Å². The minimum atomic E-state index is -0.509. The first-order valence-corrected chi connectivity index (χ1v) is 12.2. The van der Waals surface area contributed by atoms with E-state index in [2.05, 4.69) is 13.8 Å². The van der Waals surface area contributed by atoms with Crippen molar-refractivity contribution < 1.29 is 19.0 Å². The van der Waals surface area contributed by atoms with Crippen molar-refractivity contribution in [1.82, 2.24) is 4.90 Å². The van der Waals surface area contributed by atoms with Crippen LogP contribution in [0.25, 0.3) is 0 Å². The second-order valence-electron chi connectivity index (χ2n) is 11.4. The van der Waals surface area contributed by atoms with Crippen LogP contribution in [-0.2, 0) is 0 Å². The van der Waals surface area contributed by atoms with Crippen LogP contribution in [0.1, 0.15) is 87.1 Å². The molecule has 5 rings (SSSR count). The molecule has 1 aromatic rings. The Balaban J connectivity index is 1.32. The molecular weight excluding hydrogens is 393 g/mol. The highest BCUT2D eigenvalue weighted by molar-refractivity contribution is 5.95. The minimum Gasteiger partial charge on any atom is -0.493 e. The monoisotopic (exact) mass is 429 g/mol. The molecule has 0 radical (unpaired) electrons. The van der Waals surface area contributed by atoms with Crippen LogP contribution in [0, 0.1) is 29.0 Å². The number of benzene rings is 1. The third kappa shape index (κ3) is 4.48. The fourth-order valence-electron chi connectivity index (χ4n) is 6.75. The Labute approximate surface area is 185 Å². The summed E-state index contributed by atoms with van der Waals surface area (Å²) in [7, 11) is 0. The number of aliphatic hydroxyl groups excluding tert-OH is 1. The van der Waals surface area contributed by atoms with E-state index >= 15 is 4.39 Å². The van der Waals surface area contributed by atoms with Gasteiger partial charge in [0.05, 0.1) is 18.3 Å². The van der Waals surface area contributed by atoms with Gasteiger partial charge in [-0.3, -0.25) is 4.79 Å². The lowest BCUT2D eigenvalue weighted by atomic mass is 9.60. The van der Waals surface area contributed by atoms with E-state index in [1.165, 1.54) is 38.2 Å². The largest absolute Gasteiger partial charge is 0.493 e. The number of hydrogen-bond donors (Lipinski definition) is 1. The maximum absolute atomic E-state index is 15.0. The van der Waals surface area contributed by atoms with Gasteiger partial charge in [0.25, 0.3) is 5.91 Å². The summed E-state index contributed by atoms with van der Waals surface area (Å²) in [6.07, 6.45) is 8.61. The smallest absolute Gasteiger partial charge is 0.256 e. The number of amides is 1. The Bertz CT molecular complexity index is 833. The van der Waals surface area contributed by atoms with Crippen LogP contribution in [0.2, 0.25) is 0 Å². The number of carbonyl (C=O) groups is 1. The minimum absolute atomic E-state index is 0.121. The van der Waals surface area contributed by atoms with E-state index in [0.29, 0.717) is 31.2 Å². The lowest BCUT2D eigenvalue weighted by Gasteiger charge is -2.47. The zero-order chi connectivity index (χ0) is 21.8. The summed E-state index contributed by atoms with van der Waals surface area (Å²) in [4.78, 5) is 14.4. The molecular formula is C26H36FNO3. The van der Waals surface area contributed by atoms with Crippen LogP contribution in [-0.4, -0.2) is 41.7 Å². The third-order valence-electron chi connectivity index (χ3n) is 8.07. The molecule has 1 heterocycles. The number of halogens is 1. The van der Waals surface area contributed by atoms with Crippen molar-refractivity contribution in [3.05, 3.63) is 29.1 Å². The number of hydrogen-bond acceptors (Lipinski definition) is 3. The summed E-state index contributed by atoms with van der Waals surface area (Å²) >= 11 is 0. The van der Waals surface area contributed by atoms with Crippen LogP contribution in [0.3, 0.4) is 0 Å². The first kappa shape index (κ1) is 21.2. The molecule has 1 saturated heterocycles. The van der Waals surface area contributed by atoms with Gasteiger partial charge in [-0.2, -0.15) is 0 Å². The second kappa shape index (κ2) is 8.06. The van der Waals surface area contributed by atoms with Gasteiger partial charge in [-0.15, -0.1) is 0 Å². The number of aliphatic hydroxyl groups is 1. The molecule has 4 aliphatic rings. The van der Waals surface area contributed by atoms with Gasteiger partial charge in [0.1, 0.15) is 11.6 Å². The number of nitrogens with zero attached hydrogens (tertiary/aromatic N) is 1. The highest BCUT2D eigenvalue weighted by atomic mass is 19.1. The van der Waals surface area contributed by atoms with Crippen LogP contribution >= 0.6 is 0 Å². The van der Waals surface area contributed by atoms with E-state index in [1.807, 2.05) is 0 Å². The maximum atomic E-state index is 15.0. The Kier molecular flexibility index (Phi) is 5.52. The topological polar surface area (TPSA) is 49.8 Å². The molecule has 4 fully saturated rings. The Morgan fingerprint density at radius 2 is 1.90 bits per heavy atom. The molecule has 0 spiro atoms. The number of β-amino-alcohol motifs (C(OH)–C–C–N with tert-alkyl or cyclic N) is 1. The molecule has 4 nitrogen and oxygen atoms in total. The first-order chi connectivity index (χ1) is 14.8. The lowest BCUT2D eigenvalue weighted by molar-refractivity contribution is 0.0143. The molecule has 31 heavy (non-hydrogen) atoms. The zero-order valence-electron chi connectivity index (χ0n) is 18.9. The molecule has 2 bridgehead atoms. The highest BCUT2D eigenvalue weighted by Crippen LogP contribution is 2.51. The lowest BCUT2D eigenvalue weighted by Crippen LogP contribution is -2.39. The zero-order valence-corrected chi connectivity index (χ0v) is 18.9. The van der Waals surface area contributed by atoms with Gasteiger partial charge in [0.2, 0.25) is 0 Å².